The molecule has 0 saturated heterocycles. The van der Waals surface area contributed by atoms with Gasteiger partial charge in [-0.25, -0.2) is 9.98 Å². The van der Waals surface area contributed by atoms with Crippen molar-refractivity contribution in [2.75, 3.05) is 32.1 Å². The van der Waals surface area contributed by atoms with Crippen LogP contribution in [0.25, 0.3) is 11.5 Å². The van der Waals surface area contributed by atoms with Crippen molar-refractivity contribution in [3.8, 4) is 11.5 Å². The minimum absolute atomic E-state index is 0. The molecule has 7 heteroatoms. The van der Waals surface area contributed by atoms with Gasteiger partial charge >= 0.3 is 0 Å². The number of aliphatic imine (C=N–C) groups is 1. The lowest BCUT2D eigenvalue weighted by Crippen LogP contribution is -2.37. The second kappa shape index (κ2) is 13.0. The van der Waals surface area contributed by atoms with Crippen LogP contribution in [0.15, 0.2) is 70.3 Å². The Labute approximate surface area is 202 Å². The molecule has 1 aromatic heterocycles. The van der Waals surface area contributed by atoms with Gasteiger partial charge in [-0.05, 0) is 49.6 Å². The largest absolute Gasteiger partial charge is 0.444 e. The van der Waals surface area contributed by atoms with Crippen molar-refractivity contribution in [1.82, 2.24) is 15.6 Å². The molecule has 2 N–H and O–H groups in total. The SMILES string of the molecule is CCNC(=NCc1coc(-c2ccccc2)n1)NCCCc1ccc(N(C)C)cc1.I. The van der Waals surface area contributed by atoms with Crippen LogP contribution >= 0.6 is 24.0 Å². The molecular formula is C24H32IN5O. The number of anilines is 1. The van der Waals surface area contributed by atoms with E-state index in [4.69, 9.17) is 4.42 Å². The highest BCUT2D eigenvalue weighted by molar-refractivity contribution is 14.0. The number of nitrogens with one attached hydrogen (secondary N) is 2. The van der Waals surface area contributed by atoms with E-state index in [2.05, 4.69) is 70.8 Å². The first-order valence-electron chi connectivity index (χ1n) is 10.4. The molecule has 3 aromatic rings. The average Bonchev–Trinajstić information content (AvgIpc) is 3.25. The van der Waals surface area contributed by atoms with E-state index < -0.39 is 0 Å². The molecule has 6 nitrogen and oxygen atoms in total. The lowest BCUT2D eigenvalue weighted by molar-refractivity contribution is 0.572. The fraction of sp³-hybridized carbons (Fsp3) is 0.333. The zero-order valence-electron chi connectivity index (χ0n) is 18.5. The van der Waals surface area contributed by atoms with E-state index in [0.29, 0.717) is 12.4 Å². The molecule has 0 unspecified atom stereocenters. The van der Waals surface area contributed by atoms with Gasteiger partial charge in [-0.3, -0.25) is 0 Å². The van der Waals surface area contributed by atoms with E-state index in [-0.39, 0.29) is 24.0 Å². The van der Waals surface area contributed by atoms with Crippen LogP contribution in [0.3, 0.4) is 0 Å². The van der Waals surface area contributed by atoms with Gasteiger partial charge in [-0.1, -0.05) is 30.3 Å². The molecule has 0 spiro atoms. The maximum atomic E-state index is 5.59. The highest BCUT2D eigenvalue weighted by atomic mass is 127. The van der Waals surface area contributed by atoms with Crippen LogP contribution in [-0.2, 0) is 13.0 Å². The Kier molecular flexibility index (Phi) is 10.4. The Morgan fingerprint density at radius 1 is 1.03 bits per heavy atom. The summed E-state index contributed by atoms with van der Waals surface area (Å²) in [6, 6.07) is 18.6. The Bertz CT molecular complexity index is 923. The minimum atomic E-state index is 0. The summed E-state index contributed by atoms with van der Waals surface area (Å²) in [7, 11) is 4.12. The summed E-state index contributed by atoms with van der Waals surface area (Å²) in [5.74, 6) is 1.42. The van der Waals surface area contributed by atoms with Crippen molar-refractivity contribution in [2.24, 2.45) is 4.99 Å². The van der Waals surface area contributed by atoms with Gasteiger partial charge in [0.05, 0.1) is 6.54 Å². The number of aromatic nitrogens is 1. The van der Waals surface area contributed by atoms with Crippen LogP contribution in [0, 0.1) is 0 Å². The van der Waals surface area contributed by atoms with Crippen LogP contribution in [0.4, 0.5) is 5.69 Å². The number of nitrogens with zero attached hydrogens (tertiary/aromatic N) is 3. The molecule has 0 bridgehead atoms. The zero-order valence-corrected chi connectivity index (χ0v) is 20.8. The first-order chi connectivity index (χ1) is 14.7. The summed E-state index contributed by atoms with van der Waals surface area (Å²) in [5, 5.41) is 6.69. The van der Waals surface area contributed by atoms with Gasteiger partial charge in [0.15, 0.2) is 5.96 Å². The van der Waals surface area contributed by atoms with Crippen LogP contribution < -0.4 is 15.5 Å². The van der Waals surface area contributed by atoms with E-state index in [1.165, 1.54) is 11.3 Å². The molecule has 0 saturated carbocycles. The van der Waals surface area contributed by atoms with Crippen molar-refractivity contribution >= 4 is 35.6 Å². The summed E-state index contributed by atoms with van der Waals surface area (Å²) in [5.41, 5.74) is 4.35. The number of guanidine groups is 1. The van der Waals surface area contributed by atoms with Crippen LogP contribution in [0.2, 0.25) is 0 Å². The van der Waals surface area contributed by atoms with Crippen LogP contribution in [0.5, 0.6) is 0 Å². The molecule has 1 heterocycles. The second-order valence-corrected chi connectivity index (χ2v) is 7.30. The number of hydrogen-bond donors (Lipinski definition) is 2. The summed E-state index contributed by atoms with van der Waals surface area (Å²) >= 11 is 0. The maximum Gasteiger partial charge on any atom is 0.226 e. The normalized spacial score (nSPS) is 11.0. The van der Waals surface area contributed by atoms with Crippen molar-refractivity contribution < 1.29 is 4.42 Å². The number of halogens is 1. The van der Waals surface area contributed by atoms with Crippen LogP contribution in [0.1, 0.15) is 24.6 Å². The van der Waals surface area contributed by atoms with E-state index in [1.54, 1.807) is 6.26 Å². The van der Waals surface area contributed by atoms with E-state index in [1.807, 2.05) is 30.3 Å². The first kappa shape index (κ1) is 24.7. The summed E-state index contributed by atoms with van der Waals surface area (Å²) in [6.45, 7) is 4.20. The molecular weight excluding hydrogens is 501 g/mol. The van der Waals surface area contributed by atoms with Gasteiger partial charge in [0, 0.05) is 38.4 Å². The molecule has 0 aliphatic carbocycles. The van der Waals surface area contributed by atoms with Crippen LogP contribution in [-0.4, -0.2) is 38.1 Å². The smallest absolute Gasteiger partial charge is 0.226 e. The highest BCUT2D eigenvalue weighted by Gasteiger charge is 2.06. The quantitative estimate of drug-likeness (QED) is 0.181. The number of hydrogen-bond acceptors (Lipinski definition) is 4. The Morgan fingerprint density at radius 3 is 2.45 bits per heavy atom. The second-order valence-electron chi connectivity index (χ2n) is 7.30. The summed E-state index contributed by atoms with van der Waals surface area (Å²) in [6.07, 6.45) is 3.74. The van der Waals surface area contributed by atoms with Crippen molar-refractivity contribution in [1.29, 1.82) is 0 Å². The number of aryl methyl sites for hydroxylation is 1. The fourth-order valence-electron chi connectivity index (χ4n) is 3.05. The van der Waals surface area contributed by atoms with E-state index in [9.17, 15) is 0 Å². The van der Waals surface area contributed by atoms with Gasteiger partial charge in [0.1, 0.15) is 12.0 Å². The lowest BCUT2D eigenvalue weighted by atomic mass is 10.1. The van der Waals surface area contributed by atoms with Crippen molar-refractivity contribution in [3.05, 3.63) is 72.1 Å². The molecule has 166 valence electrons. The fourth-order valence-corrected chi connectivity index (χ4v) is 3.05. The summed E-state index contributed by atoms with van der Waals surface area (Å²) in [4.78, 5) is 11.3. The van der Waals surface area contributed by atoms with Gasteiger partial charge in [-0.15, -0.1) is 24.0 Å². The van der Waals surface area contributed by atoms with E-state index >= 15 is 0 Å². The molecule has 0 radical (unpaired) electrons. The van der Waals surface area contributed by atoms with Gasteiger partial charge in [0.25, 0.3) is 0 Å². The average molecular weight is 533 g/mol. The summed E-state index contributed by atoms with van der Waals surface area (Å²) < 4.78 is 5.59. The first-order valence-corrected chi connectivity index (χ1v) is 10.4. The topological polar surface area (TPSA) is 65.7 Å². The van der Waals surface area contributed by atoms with Gasteiger partial charge in [0.2, 0.25) is 5.89 Å². The third kappa shape index (κ3) is 7.90. The third-order valence-corrected chi connectivity index (χ3v) is 4.70. The van der Waals surface area contributed by atoms with Gasteiger partial charge < -0.3 is 20.0 Å². The number of benzene rings is 2. The molecule has 0 aliphatic rings. The molecule has 3 rings (SSSR count). The Morgan fingerprint density at radius 2 is 1.77 bits per heavy atom. The maximum absolute atomic E-state index is 5.59. The standard InChI is InChI=1S/C24H31N5O.HI/c1-4-25-24(26-16-8-9-19-12-14-22(15-13-19)29(2)3)27-17-21-18-30-23(28-21)20-10-6-5-7-11-20;/h5-7,10-15,18H,4,8-9,16-17H2,1-3H3,(H2,25,26,27);1H. The lowest BCUT2D eigenvalue weighted by Gasteiger charge is -2.13. The third-order valence-electron chi connectivity index (χ3n) is 4.70. The molecule has 2 aromatic carbocycles. The highest BCUT2D eigenvalue weighted by Crippen LogP contribution is 2.18. The van der Waals surface area contributed by atoms with Crippen molar-refractivity contribution in [2.45, 2.75) is 26.3 Å². The molecule has 31 heavy (non-hydrogen) atoms. The predicted octanol–water partition coefficient (Wildman–Crippen LogP) is 4.71. The Balaban J connectivity index is 0.00000341. The minimum Gasteiger partial charge on any atom is -0.444 e. The van der Waals surface area contributed by atoms with Crippen molar-refractivity contribution in [3.63, 3.8) is 0 Å². The van der Waals surface area contributed by atoms with Gasteiger partial charge in [-0.2, -0.15) is 0 Å². The van der Waals surface area contributed by atoms with E-state index in [0.717, 1.165) is 43.1 Å². The molecule has 0 atom stereocenters. The Hall–Kier alpha value is -2.55. The number of oxazole rings is 1. The molecule has 0 aliphatic heterocycles. The monoisotopic (exact) mass is 533 g/mol. The predicted molar refractivity (Wildman–Crippen MR) is 139 cm³/mol. The molecule has 0 amide bonds. The number of rotatable bonds is 9. The zero-order chi connectivity index (χ0) is 21.2. The molecule has 0 fully saturated rings.